The topological polar surface area (TPSA) is 84.3 Å². The van der Waals surface area contributed by atoms with E-state index < -0.39 is 10.0 Å². The number of likely N-dealkylation sites (tertiary alicyclic amines) is 1. The van der Waals surface area contributed by atoms with Crippen molar-refractivity contribution < 1.29 is 13.2 Å². The predicted octanol–water partition coefficient (Wildman–Crippen LogP) is 3.58. The Morgan fingerprint density at radius 2 is 1.94 bits per heavy atom. The van der Waals surface area contributed by atoms with Gasteiger partial charge in [-0.25, -0.2) is 18.1 Å². The normalized spacial score (nSPS) is 15.4. The summed E-state index contributed by atoms with van der Waals surface area (Å²) in [6.07, 6.45) is 3.56. The van der Waals surface area contributed by atoms with Crippen LogP contribution in [0.25, 0.3) is 10.7 Å². The number of aryl methyl sites for hydroxylation is 1. The molecule has 3 aromatic rings. The number of nitrogens with one attached hydrogen (secondary N) is 1. The van der Waals surface area contributed by atoms with Gasteiger partial charge in [-0.15, -0.1) is 11.3 Å². The van der Waals surface area contributed by atoms with Crippen LogP contribution in [-0.2, 0) is 21.4 Å². The molecular weight excluding hydrogens is 432 g/mol. The van der Waals surface area contributed by atoms with E-state index in [2.05, 4.69) is 9.71 Å². The first kappa shape index (κ1) is 21.7. The van der Waals surface area contributed by atoms with Crippen LogP contribution in [-0.4, -0.2) is 41.9 Å². The van der Waals surface area contributed by atoms with Crippen LogP contribution in [0.15, 0.2) is 52.9 Å². The molecule has 9 heteroatoms. The molecule has 1 aromatic carbocycles. The van der Waals surface area contributed by atoms with Crippen molar-refractivity contribution in [3.05, 3.63) is 59.2 Å². The van der Waals surface area contributed by atoms with Crippen LogP contribution in [0.4, 0.5) is 0 Å². The van der Waals surface area contributed by atoms with Gasteiger partial charge in [-0.3, -0.25) is 4.79 Å². The smallest absolute Gasteiger partial charge is 0.242 e. The van der Waals surface area contributed by atoms with Crippen molar-refractivity contribution in [2.24, 2.45) is 0 Å². The van der Waals surface area contributed by atoms with Crippen molar-refractivity contribution in [1.82, 2.24) is 19.2 Å². The molecule has 1 unspecified atom stereocenters. The maximum atomic E-state index is 13.1. The zero-order valence-corrected chi connectivity index (χ0v) is 19.2. The molecular formula is C22H26N4O3S2. The summed E-state index contributed by atoms with van der Waals surface area (Å²) in [5, 5.41) is 2.61. The summed E-state index contributed by atoms with van der Waals surface area (Å²) in [5.41, 5.74) is 2.38. The summed E-state index contributed by atoms with van der Waals surface area (Å²) < 4.78 is 30.7. The average Bonchev–Trinajstić information content (AvgIpc) is 3.49. The second-order valence-corrected chi connectivity index (χ2v) is 10.4. The van der Waals surface area contributed by atoms with Crippen molar-refractivity contribution in [2.45, 2.75) is 44.2 Å². The number of thiazole rings is 1. The minimum atomic E-state index is -3.78. The molecule has 4 rings (SSSR count). The van der Waals surface area contributed by atoms with Gasteiger partial charge in [-0.2, -0.15) is 0 Å². The standard InChI is InChI=1S/C22H26N4O3S2/c1-16-15-30-22(23-16)20-12-19(13-26(20)14-21(27)25-10-6-7-11-25)31(28,29)24-17(2)18-8-4-3-5-9-18/h3-5,8-9,12-13,15,17,24H,6-7,10-11,14H2,1-2H3. The van der Waals surface area contributed by atoms with E-state index in [1.54, 1.807) is 16.8 Å². The van der Waals surface area contributed by atoms with E-state index in [9.17, 15) is 13.2 Å². The Hall–Kier alpha value is -2.49. The van der Waals surface area contributed by atoms with Gasteiger partial charge in [-0.05, 0) is 38.3 Å². The molecule has 2 aromatic heterocycles. The minimum Gasteiger partial charge on any atom is -0.341 e. The molecule has 0 radical (unpaired) electrons. The maximum Gasteiger partial charge on any atom is 0.242 e. The number of hydrogen-bond acceptors (Lipinski definition) is 5. The van der Waals surface area contributed by atoms with Gasteiger partial charge in [0.1, 0.15) is 16.4 Å². The monoisotopic (exact) mass is 458 g/mol. The van der Waals surface area contributed by atoms with E-state index in [4.69, 9.17) is 0 Å². The highest BCUT2D eigenvalue weighted by atomic mass is 32.2. The Kier molecular flexibility index (Phi) is 6.27. The number of nitrogens with zero attached hydrogens (tertiary/aromatic N) is 3. The minimum absolute atomic E-state index is 0.00260. The average molecular weight is 459 g/mol. The second kappa shape index (κ2) is 8.94. The van der Waals surface area contributed by atoms with Crippen LogP contribution in [0.2, 0.25) is 0 Å². The number of carbonyl (C=O) groups is 1. The molecule has 1 N–H and O–H groups in total. The van der Waals surface area contributed by atoms with E-state index >= 15 is 0 Å². The largest absolute Gasteiger partial charge is 0.341 e. The first-order valence-corrected chi connectivity index (χ1v) is 12.7. The lowest BCUT2D eigenvalue weighted by atomic mass is 10.1. The van der Waals surface area contributed by atoms with E-state index in [-0.39, 0.29) is 23.4 Å². The van der Waals surface area contributed by atoms with E-state index in [0.29, 0.717) is 10.7 Å². The van der Waals surface area contributed by atoms with Gasteiger partial charge in [0.15, 0.2) is 0 Å². The van der Waals surface area contributed by atoms with Crippen molar-refractivity contribution in [2.75, 3.05) is 13.1 Å². The zero-order valence-electron chi connectivity index (χ0n) is 17.6. The lowest BCUT2D eigenvalue weighted by Gasteiger charge is -2.16. The fraction of sp³-hybridized carbons (Fsp3) is 0.364. The van der Waals surface area contributed by atoms with Crippen molar-refractivity contribution >= 4 is 27.3 Å². The van der Waals surface area contributed by atoms with Crippen LogP contribution in [0.1, 0.15) is 37.1 Å². The Labute approximate surface area is 186 Å². The molecule has 0 saturated carbocycles. The first-order chi connectivity index (χ1) is 14.8. The van der Waals surface area contributed by atoms with Crippen LogP contribution in [0.5, 0.6) is 0 Å². The fourth-order valence-electron chi connectivity index (χ4n) is 3.73. The zero-order chi connectivity index (χ0) is 22.0. The Morgan fingerprint density at radius 3 is 2.58 bits per heavy atom. The molecule has 31 heavy (non-hydrogen) atoms. The molecule has 1 amide bonds. The van der Waals surface area contributed by atoms with Crippen LogP contribution >= 0.6 is 11.3 Å². The molecule has 0 aliphatic carbocycles. The molecule has 0 spiro atoms. The number of rotatable bonds is 7. The predicted molar refractivity (Wildman–Crippen MR) is 121 cm³/mol. The van der Waals surface area contributed by atoms with E-state index in [1.807, 2.05) is 54.5 Å². The maximum absolute atomic E-state index is 13.1. The summed E-state index contributed by atoms with van der Waals surface area (Å²) in [6, 6.07) is 10.6. The highest BCUT2D eigenvalue weighted by Crippen LogP contribution is 2.29. The Balaban J connectivity index is 1.64. The quantitative estimate of drug-likeness (QED) is 0.587. The third kappa shape index (κ3) is 4.89. The molecule has 3 heterocycles. The number of aromatic nitrogens is 2. The summed E-state index contributed by atoms with van der Waals surface area (Å²) in [5.74, 6) is -0.00260. The van der Waals surface area contributed by atoms with Crippen LogP contribution in [0.3, 0.4) is 0 Å². The number of amides is 1. The summed E-state index contributed by atoms with van der Waals surface area (Å²) in [7, 11) is -3.78. The van der Waals surface area contributed by atoms with Crippen molar-refractivity contribution in [1.29, 1.82) is 0 Å². The fourth-order valence-corrected chi connectivity index (χ4v) is 5.83. The molecule has 164 valence electrons. The summed E-state index contributed by atoms with van der Waals surface area (Å²) in [4.78, 5) is 19.2. The molecule has 1 fully saturated rings. The molecule has 7 nitrogen and oxygen atoms in total. The van der Waals surface area contributed by atoms with E-state index in [0.717, 1.165) is 37.2 Å². The van der Waals surface area contributed by atoms with Gasteiger partial charge in [-0.1, -0.05) is 30.3 Å². The number of carbonyl (C=O) groups excluding carboxylic acids is 1. The molecule has 1 aliphatic heterocycles. The third-order valence-electron chi connectivity index (χ3n) is 5.42. The number of sulfonamides is 1. The SMILES string of the molecule is Cc1csc(-c2cc(S(=O)(=O)NC(C)c3ccccc3)cn2CC(=O)N2CCCC2)n1. The second-order valence-electron chi connectivity index (χ2n) is 7.82. The van der Waals surface area contributed by atoms with Gasteiger partial charge < -0.3 is 9.47 Å². The third-order valence-corrected chi connectivity index (χ3v) is 7.91. The van der Waals surface area contributed by atoms with E-state index in [1.165, 1.54) is 11.3 Å². The molecule has 1 atom stereocenters. The van der Waals surface area contributed by atoms with Gasteiger partial charge in [0.2, 0.25) is 15.9 Å². The number of hydrogen-bond donors (Lipinski definition) is 1. The van der Waals surface area contributed by atoms with Gasteiger partial charge in [0.05, 0.1) is 5.69 Å². The van der Waals surface area contributed by atoms with Crippen molar-refractivity contribution in [3.8, 4) is 10.7 Å². The number of benzene rings is 1. The van der Waals surface area contributed by atoms with Gasteiger partial charge in [0.25, 0.3) is 0 Å². The molecule has 1 aliphatic rings. The van der Waals surface area contributed by atoms with Crippen LogP contribution < -0.4 is 4.72 Å². The van der Waals surface area contributed by atoms with Gasteiger partial charge in [0, 0.05) is 36.4 Å². The lowest BCUT2D eigenvalue weighted by molar-refractivity contribution is -0.130. The van der Waals surface area contributed by atoms with Gasteiger partial charge >= 0.3 is 0 Å². The van der Waals surface area contributed by atoms with Crippen molar-refractivity contribution in [3.63, 3.8) is 0 Å². The summed E-state index contributed by atoms with van der Waals surface area (Å²) in [6.45, 7) is 5.31. The molecule has 1 saturated heterocycles. The molecule has 0 bridgehead atoms. The first-order valence-electron chi connectivity index (χ1n) is 10.3. The highest BCUT2D eigenvalue weighted by molar-refractivity contribution is 7.89. The highest BCUT2D eigenvalue weighted by Gasteiger charge is 2.25. The summed E-state index contributed by atoms with van der Waals surface area (Å²) >= 11 is 1.44. The van der Waals surface area contributed by atoms with Crippen LogP contribution in [0, 0.1) is 6.92 Å². The Bertz CT molecular complexity index is 1160. The Morgan fingerprint density at radius 1 is 1.23 bits per heavy atom. The lowest BCUT2D eigenvalue weighted by Crippen LogP contribution is -2.31.